The molecule has 8 heteroatoms. The molecule has 0 aliphatic carbocycles. The Morgan fingerprint density at radius 1 is 1.00 bits per heavy atom. The van der Waals surface area contributed by atoms with Crippen molar-refractivity contribution in [3.05, 3.63) is 89.5 Å². The number of phenols is 1. The summed E-state index contributed by atoms with van der Waals surface area (Å²) >= 11 is 5.34. The van der Waals surface area contributed by atoms with Gasteiger partial charge in [-0.05, 0) is 59.6 Å². The Balaban J connectivity index is 1.54. The van der Waals surface area contributed by atoms with Gasteiger partial charge in [0.1, 0.15) is 17.9 Å². The lowest BCUT2D eigenvalue weighted by atomic mass is 10.0. The Morgan fingerprint density at radius 3 is 2.39 bits per heavy atom. The molecule has 3 aromatic rings. The third-order valence-electron chi connectivity index (χ3n) is 4.67. The van der Waals surface area contributed by atoms with Crippen LogP contribution in [-0.2, 0) is 0 Å². The van der Waals surface area contributed by atoms with Crippen LogP contribution in [0.5, 0.6) is 5.75 Å². The largest absolute Gasteiger partial charge is 0.508 e. The summed E-state index contributed by atoms with van der Waals surface area (Å²) in [5.41, 5.74) is 13.3. The lowest BCUT2D eigenvalue weighted by molar-refractivity contribution is 0.475. The maximum atomic E-state index is 9.29. The summed E-state index contributed by atoms with van der Waals surface area (Å²) in [6.45, 7) is 4.28. The van der Waals surface area contributed by atoms with Gasteiger partial charge in [-0.1, -0.05) is 56.3 Å². The van der Waals surface area contributed by atoms with Crippen LogP contribution in [0.1, 0.15) is 36.5 Å². The number of anilines is 1. The maximum Gasteiger partial charge on any atom is 0.191 e. The number of amidine groups is 1. The fraction of sp³-hybridized carbons (Fsp3) is 0.120. The van der Waals surface area contributed by atoms with E-state index in [1.165, 1.54) is 11.9 Å². The first-order valence-corrected chi connectivity index (χ1v) is 10.8. The average Bonchev–Trinajstić information content (AvgIpc) is 2.81. The standard InChI is InChI=1S/C25H26N6OS/c1-17(2)22-5-3-4-6-23(22)30-25(33)31-29-15-18-7-9-19(10-8-18)24(26)28-16-27-20-11-13-21(32)14-12-20/h3-17,32H,1-2H3,(H2,26,27,28)(H2,30,31,33)/b29-15+. The van der Waals surface area contributed by atoms with Gasteiger partial charge in [-0.15, -0.1) is 0 Å². The Morgan fingerprint density at radius 2 is 1.70 bits per heavy atom. The number of phenolic OH excluding ortho intramolecular Hbond substituents is 1. The normalized spacial score (nSPS) is 11.9. The van der Waals surface area contributed by atoms with Crippen LogP contribution in [0.4, 0.5) is 11.4 Å². The van der Waals surface area contributed by atoms with E-state index >= 15 is 0 Å². The van der Waals surface area contributed by atoms with Gasteiger partial charge in [0.05, 0.1) is 11.9 Å². The number of aromatic hydroxyl groups is 1. The maximum absolute atomic E-state index is 9.29. The van der Waals surface area contributed by atoms with Gasteiger partial charge in [0, 0.05) is 11.3 Å². The Hall–Kier alpha value is -4.04. The molecule has 3 rings (SSSR count). The Labute approximate surface area is 198 Å². The first-order valence-electron chi connectivity index (χ1n) is 10.4. The quantitative estimate of drug-likeness (QED) is 0.174. The van der Waals surface area contributed by atoms with Crippen molar-refractivity contribution in [3.63, 3.8) is 0 Å². The molecule has 0 spiro atoms. The second-order valence-corrected chi connectivity index (χ2v) is 7.87. The zero-order valence-corrected chi connectivity index (χ0v) is 19.3. The molecule has 0 aromatic heterocycles. The van der Waals surface area contributed by atoms with Crippen LogP contribution in [0.15, 0.2) is 87.9 Å². The first kappa shape index (κ1) is 23.6. The second kappa shape index (κ2) is 11.5. The van der Waals surface area contributed by atoms with Crippen molar-refractivity contribution in [2.75, 3.05) is 5.32 Å². The van der Waals surface area contributed by atoms with Crippen molar-refractivity contribution in [3.8, 4) is 5.75 Å². The van der Waals surface area contributed by atoms with Crippen LogP contribution in [0, 0.1) is 0 Å². The molecule has 0 heterocycles. The molecule has 0 unspecified atom stereocenters. The van der Waals surface area contributed by atoms with E-state index in [2.05, 4.69) is 45.7 Å². The van der Waals surface area contributed by atoms with Crippen LogP contribution in [0.2, 0.25) is 0 Å². The van der Waals surface area contributed by atoms with Crippen molar-refractivity contribution in [2.24, 2.45) is 20.8 Å². The van der Waals surface area contributed by atoms with Crippen LogP contribution < -0.4 is 16.5 Å². The van der Waals surface area contributed by atoms with Gasteiger partial charge in [-0.25, -0.2) is 9.98 Å². The number of aliphatic imine (C=N–C) groups is 2. The molecule has 5 N–H and O–H groups in total. The highest BCUT2D eigenvalue weighted by Gasteiger charge is 2.06. The average molecular weight is 459 g/mol. The van der Waals surface area contributed by atoms with Crippen molar-refractivity contribution in [1.82, 2.24) is 5.43 Å². The van der Waals surface area contributed by atoms with Crippen molar-refractivity contribution in [2.45, 2.75) is 19.8 Å². The number of hydrogen-bond donors (Lipinski definition) is 4. The second-order valence-electron chi connectivity index (χ2n) is 7.46. The minimum Gasteiger partial charge on any atom is -0.508 e. The van der Waals surface area contributed by atoms with E-state index in [1.807, 2.05) is 42.5 Å². The fourth-order valence-corrected chi connectivity index (χ4v) is 3.10. The lowest BCUT2D eigenvalue weighted by Crippen LogP contribution is -2.24. The molecular formula is C25H26N6OS. The summed E-state index contributed by atoms with van der Waals surface area (Å²) < 4.78 is 0. The molecule has 0 aliphatic heterocycles. The van der Waals surface area contributed by atoms with Gasteiger partial charge in [-0.2, -0.15) is 5.10 Å². The molecule has 0 fully saturated rings. The minimum atomic E-state index is 0.185. The highest BCUT2D eigenvalue weighted by Crippen LogP contribution is 2.23. The van der Waals surface area contributed by atoms with Gasteiger partial charge in [0.2, 0.25) is 0 Å². The number of nitrogens with one attached hydrogen (secondary N) is 2. The van der Waals surface area contributed by atoms with Crippen molar-refractivity contribution < 1.29 is 5.11 Å². The van der Waals surface area contributed by atoms with E-state index in [9.17, 15) is 5.11 Å². The zero-order valence-electron chi connectivity index (χ0n) is 18.4. The Kier molecular flexibility index (Phi) is 8.26. The number of rotatable bonds is 7. The van der Waals surface area contributed by atoms with Crippen molar-refractivity contribution >= 4 is 47.1 Å². The molecule has 33 heavy (non-hydrogen) atoms. The number of hydrogen-bond acceptors (Lipinski definition) is 4. The molecule has 0 bridgehead atoms. The third kappa shape index (κ3) is 7.26. The highest BCUT2D eigenvalue weighted by molar-refractivity contribution is 7.80. The molecule has 3 aromatic carbocycles. The summed E-state index contributed by atoms with van der Waals surface area (Å²) in [4.78, 5) is 8.34. The number of nitrogens with zero attached hydrogens (tertiary/aromatic N) is 3. The minimum absolute atomic E-state index is 0.185. The number of benzene rings is 3. The molecule has 0 radical (unpaired) electrons. The summed E-state index contributed by atoms with van der Waals surface area (Å²) in [5.74, 6) is 0.909. The van der Waals surface area contributed by atoms with E-state index in [-0.39, 0.29) is 5.75 Å². The highest BCUT2D eigenvalue weighted by atomic mass is 32.1. The molecule has 0 atom stereocenters. The monoisotopic (exact) mass is 458 g/mol. The van der Waals surface area contributed by atoms with Crippen LogP contribution in [0.3, 0.4) is 0 Å². The molecule has 0 saturated heterocycles. The number of nitrogens with two attached hydrogens (primary N) is 1. The lowest BCUT2D eigenvalue weighted by Gasteiger charge is -2.14. The summed E-state index contributed by atoms with van der Waals surface area (Å²) in [6, 6.07) is 22.0. The van der Waals surface area contributed by atoms with Gasteiger partial charge < -0.3 is 16.2 Å². The first-order chi connectivity index (χ1) is 15.9. The topological polar surface area (TPSA) is 107 Å². The summed E-state index contributed by atoms with van der Waals surface area (Å²) in [6.07, 6.45) is 3.05. The Bertz CT molecular complexity index is 1170. The van der Waals surface area contributed by atoms with Gasteiger partial charge >= 0.3 is 0 Å². The van der Waals surface area contributed by atoms with Crippen LogP contribution in [-0.4, -0.2) is 28.6 Å². The van der Waals surface area contributed by atoms with E-state index in [4.69, 9.17) is 18.0 Å². The van der Waals surface area contributed by atoms with E-state index in [0.717, 1.165) is 16.8 Å². The van der Waals surface area contributed by atoms with Crippen LogP contribution >= 0.6 is 12.2 Å². The van der Waals surface area contributed by atoms with E-state index in [0.29, 0.717) is 22.6 Å². The number of thiocarbonyl (C=S) groups is 1. The van der Waals surface area contributed by atoms with E-state index < -0.39 is 0 Å². The van der Waals surface area contributed by atoms with Gasteiger partial charge in [0.15, 0.2) is 5.11 Å². The predicted molar refractivity (Wildman–Crippen MR) is 141 cm³/mol. The third-order valence-corrected chi connectivity index (χ3v) is 4.86. The number of hydrazone groups is 1. The number of para-hydroxylation sites is 1. The summed E-state index contributed by atoms with van der Waals surface area (Å²) in [7, 11) is 0. The fourth-order valence-electron chi connectivity index (χ4n) is 2.94. The van der Waals surface area contributed by atoms with Gasteiger partial charge in [0.25, 0.3) is 0 Å². The molecule has 168 valence electrons. The molecule has 0 saturated carbocycles. The smallest absolute Gasteiger partial charge is 0.191 e. The van der Waals surface area contributed by atoms with Crippen LogP contribution in [0.25, 0.3) is 0 Å². The molecule has 0 amide bonds. The van der Waals surface area contributed by atoms with Crippen molar-refractivity contribution in [1.29, 1.82) is 0 Å². The molecule has 7 nitrogen and oxygen atoms in total. The van der Waals surface area contributed by atoms with E-state index in [1.54, 1.807) is 30.5 Å². The molecular weight excluding hydrogens is 432 g/mol. The SMILES string of the molecule is CC(C)c1ccccc1NC(=S)N/N=C/c1ccc(C(N)=NC=Nc2ccc(O)cc2)cc1. The zero-order chi connectivity index (χ0) is 23.6. The van der Waals surface area contributed by atoms with Gasteiger partial charge in [-0.3, -0.25) is 5.43 Å². The summed E-state index contributed by atoms with van der Waals surface area (Å²) in [5, 5.41) is 17.1. The molecule has 0 aliphatic rings. The predicted octanol–water partition coefficient (Wildman–Crippen LogP) is 4.90.